The van der Waals surface area contributed by atoms with Crippen molar-refractivity contribution in [2.24, 2.45) is 0 Å². The van der Waals surface area contributed by atoms with Gasteiger partial charge in [0.2, 0.25) is 15.9 Å². The smallest absolute Gasteiger partial charge is 0.241 e. The van der Waals surface area contributed by atoms with Crippen molar-refractivity contribution in [2.45, 2.75) is 13.5 Å². The van der Waals surface area contributed by atoms with Crippen molar-refractivity contribution < 1.29 is 12.9 Å². The predicted octanol–water partition coefficient (Wildman–Crippen LogP) is -0.00628. The molecule has 0 aliphatic heterocycles. The second kappa shape index (κ2) is 4.03. The first-order valence-corrected chi connectivity index (χ1v) is 5.54. The number of aromatic nitrogens is 2. The van der Waals surface area contributed by atoms with Crippen molar-refractivity contribution in [1.29, 1.82) is 0 Å². The molecule has 74 valence electrons. The van der Waals surface area contributed by atoms with Crippen LogP contribution in [-0.4, -0.2) is 23.8 Å². The van der Waals surface area contributed by atoms with E-state index in [0.29, 0.717) is 5.82 Å². The summed E-state index contributed by atoms with van der Waals surface area (Å²) in [7, 11) is -3.42. The molecule has 1 aromatic heterocycles. The molecule has 0 amide bonds. The first-order valence-electron chi connectivity index (χ1n) is 3.36. The zero-order chi connectivity index (χ0) is 9.90. The Morgan fingerprint density at radius 1 is 1.62 bits per heavy atom. The van der Waals surface area contributed by atoms with Crippen LogP contribution in [0, 0.1) is 6.92 Å². The highest BCUT2D eigenvalue weighted by Gasteiger charge is 2.10. The van der Waals surface area contributed by atoms with Gasteiger partial charge in [-0.3, -0.25) is 0 Å². The van der Waals surface area contributed by atoms with Gasteiger partial charge in [-0.25, -0.2) is 13.1 Å². The van der Waals surface area contributed by atoms with Gasteiger partial charge in [0.05, 0.1) is 6.54 Å². The quantitative estimate of drug-likeness (QED) is 0.729. The Bertz CT molecular complexity index is 374. The van der Waals surface area contributed by atoms with E-state index in [1.807, 2.05) is 0 Å². The van der Waals surface area contributed by atoms with Crippen LogP contribution >= 0.6 is 11.6 Å². The lowest BCUT2D eigenvalue weighted by molar-refractivity contribution is 0.372. The molecule has 8 heteroatoms. The van der Waals surface area contributed by atoms with E-state index < -0.39 is 15.2 Å². The highest BCUT2D eigenvalue weighted by atomic mass is 35.5. The lowest BCUT2D eigenvalue weighted by Crippen LogP contribution is -2.24. The van der Waals surface area contributed by atoms with Gasteiger partial charge >= 0.3 is 0 Å². The van der Waals surface area contributed by atoms with Crippen LogP contribution in [0.5, 0.6) is 0 Å². The molecule has 0 saturated heterocycles. The maximum Gasteiger partial charge on any atom is 0.241 e. The fourth-order valence-corrected chi connectivity index (χ4v) is 1.27. The van der Waals surface area contributed by atoms with Crippen LogP contribution in [0.4, 0.5) is 0 Å². The Hall–Kier alpha value is -0.660. The molecule has 0 aromatic carbocycles. The summed E-state index contributed by atoms with van der Waals surface area (Å²) in [6.07, 6.45) is 0. The molecule has 0 bridgehead atoms. The van der Waals surface area contributed by atoms with E-state index in [2.05, 4.69) is 19.4 Å². The molecule has 6 nitrogen and oxygen atoms in total. The summed E-state index contributed by atoms with van der Waals surface area (Å²) in [5.41, 5.74) is 0. The van der Waals surface area contributed by atoms with E-state index in [4.69, 9.17) is 11.6 Å². The number of nitrogens with zero attached hydrogens (tertiary/aromatic N) is 2. The van der Waals surface area contributed by atoms with Crippen molar-refractivity contribution in [3.8, 4) is 0 Å². The molecule has 13 heavy (non-hydrogen) atoms. The molecular weight excluding hydrogens is 218 g/mol. The number of nitrogens with one attached hydrogen (secondary N) is 1. The summed E-state index contributed by atoms with van der Waals surface area (Å²) < 4.78 is 28.5. The Balaban J connectivity index is 2.53. The number of halogens is 1. The van der Waals surface area contributed by atoms with Crippen molar-refractivity contribution in [3.05, 3.63) is 11.7 Å². The topological polar surface area (TPSA) is 85.1 Å². The van der Waals surface area contributed by atoms with E-state index in [1.54, 1.807) is 6.92 Å². The second-order valence-electron chi connectivity index (χ2n) is 2.28. The maximum atomic E-state index is 10.8. The van der Waals surface area contributed by atoms with Crippen LogP contribution in [0.2, 0.25) is 0 Å². The van der Waals surface area contributed by atoms with Gasteiger partial charge in [0.25, 0.3) is 0 Å². The van der Waals surface area contributed by atoms with E-state index in [1.165, 1.54) is 0 Å². The number of sulfonamides is 1. The maximum absolute atomic E-state index is 10.8. The van der Waals surface area contributed by atoms with Crippen molar-refractivity contribution in [3.63, 3.8) is 0 Å². The summed E-state index contributed by atoms with van der Waals surface area (Å²) in [6, 6.07) is 0. The molecule has 0 spiro atoms. The molecule has 0 saturated carbocycles. The van der Waals surface area contributed by atoms with Gasteiger partial charge in [-0.15, -0.1) is 11.6 Å². The predicted molar refractivity (Wildman–Crippen MR) is 45.5 cm³/mol. The molecule has 0 aliphatic carbocycles. The normalized spacial score (nSPS) is 11.8. The molecule has 0 radical (unpaired) electrons. The number of aryl methyl sites for hydroxylation is 1. The molecule has 1 rings (SSSR count). The third kappa shape index (κ3) is 3.29. The third-order valence-corrected chi connectivity index (χ3v) is 2.89. The Morgan fingerprint density at radius 2 is 2.31 bits per heavy atom. The molecule has 0 fully saturated rings. The molecule has 1 aromatic rings. The van der Waals surface area contributed by atoms with Crippen LogP contribution in [0.15, 0.2) is 4.52 Å². The first kappa shape index (κ1) is 10.4. The third-order valence-electron chi connectivity index (χ3n) is 1.16. The van der Waals surface area contributed by atoms with E-state index in [9.17, 15) is 8.42 Å². The highest BCUT2D eigenvalue weighted by molar-refractivity contribution is 7.90. The van der Waals surface area contributed by atoms with E-state index in [-0.39, 0.29) is 12.4 Å². The van der Waals surface area contributed by atoms with Gasteiger partial charge < -0.3 is 4.52 Å². The average molecular weight is 226 g/mol. The summed E-state index contributed by atoms with van der Waals surface area (Å²) >= 11 is 5.15. The minimum atomic E-state index is -3.42. The summed E-state index contributed by atoms with van der Waals surface area (Å²) in [6.45, 7) is 1.61. The van der Waals surface area contributed by atoms with Crippen molar-refractivity contribution >= 4 is 21.6 Å². The highest BCUT2D eigenvalue weighted by Crippen LogP contribution is 1.96. The summed E-state index contributed by atoms with van der Waals surface area (Å²) in [5.74, 6) is 0.672. The molecule has 0 atom stereocenters. The molecule has 0 unspecified atom stereocenters. The second-order valence-corrected chi connectivity index (χ2v) is 4.67. The zero-order valence-corrected chi connectivity index (χ0v) is 8.39. The SMILES string of the molecule is Cc1noc(CNS(=O)(=O)CCl)n1. The monoisotopic (exact) mass is 225 g/mol. The van der Waals surface area contributed by atoms with Gasteiger partial charge in [-0.2, -0.15) is 4.98 Å². The standard InChI is InChI=1S/C5H8ClN3O3S/c1-4-8-5(12-9-4)2-7-13(10,11)3-6/h7H,2-3H2,1H3. The van der Waals surface area contributed by atoms with Crippen LogP contribution in [0.25, 0.3) is 0 Å². The van der Waals surface area contributed by atoms with E-state index in [0.717, 1.165) is 0 Å². The number of rotatable bonds is 4. The van der Waals surface area contributed by atoms with Crippen molar-refractivity contribution in [1.82, 2.24) is 14.9 Å². The fourth-order valence-electron chi connectivity index (χ4n) is 0.622. The van der Waals surface area contributed by atoms with Gasteiger partial charge in [0.15, 0.2) is 5.82 Å². The van der Waals surface area contributed by atoms with Crippen LogP contribution in [0.1, 0.15) is 11.7 Å². The zero-order valence-electron chi connectivity index (χ0n) is 6.82. The van der Waals surface area contributed by atoms with Crippen LogP contribution in [-0.2, 0) is 16.6 Å². The first-order chi connectivity index (χ1) is 6.03. The Morgan fingerprint density at radius 3 is 2.77 bits per heavy atom. The van der Waals surface area contributed by atoms with Crippen molar-refractivity contribution in [2.75, 3.05) is 5.21 Å². The fraction of sp³-hybridized carbons (Fsp3) is 0.600. The summed E-state index contributed by atoms with van der Waals surface area (Å²) in [4.78, 5) is 3.80. The molecular formula is C5H8ClN3O3S. The molecule has 0 aliphatic rings. The largest absolute Gasteiger partial charge is 0.338 e. The van der Waals surface area contributed by atoms with Crippen LogP contribution < -0.4 is 4.72 Å². The molecule has 1 N–H and O–H groups in total. The Kier molecular flexibility index (Phi) is 3.23. The van der Waals surface area contributed by atoms with Gasteiger partial charge in [-0.1, -0.05) is 5.16 Å². The Labute approximate surface area is 80.3 Å². The minimum absolute atomic E-state index is 0.0319. The average Bonchev–Trinajstić information content (AvgIpc) is 2.48. The van der Waals surface area contributed by atoms with Gasteiger partial charge in [-0.05, 0) is 6.92 Å². The number of hydrogen-bond acceptors (Lipinski definition) is 5. The summed E-state index contributed by atoms with van der Waals surface area (Å²) in [5, 5.41) is 3.00. The number of hydrogen-bond donors (Lipinski definition) is 1. The molecule has 1 heterocycles. The van der Waals surface area contributed by atoms with Crippen LogP contribution in [0.3, 0.4) is 0 Å². The number of alkyl halides is 1. The lowest BCUT2D eigenvalue weighted by Gasteiger charge is -1.97. The minimum Gasteiger partial charge on any atom is -0.338 e. The van der Waals surface area contributed by atoms with E-state index >= 15 is 0 Å². The van der Waals surface area contributed by atoms with Gasteiger partial charge in [0.1, 0.15) is 5.21 Å². The van der Waals surface area contributed by atoms with Gasteiger partial charge in [0, 0.05) is 0 Å². The lowest BCUT2D eigenvalue weighted by atomic mass is 10.6.